The fourth-order valence-electron chi connectivity index (χ4n) is 3.14. The lowest BCUT2D eigenvalue weighted by atomic mass is 10.1. The number of aryl methyl sites for hydroxylation is 2. The number of rotatable bonds is 7. The van der Waals surface area contributed by atoms with Gasteiger partial charge >= 0.3 is 0 Å². The molecule has 0 radical (unpaired) electrons. The largest absolute Gasteiger partial charge is 0.487 e. The van der Waals surface area contributed by atoms with Crippen molar-refractivity contribution < 1.29 is 9.53 Å². The van der Waals surface area contributed by atoms with Crippen molar-refractivity contribution in [2.45, 2.75) is 26.9 Å². The predicted octanol–water partition coefficient (Wildman–Crippen LogP) is 6.34. The Hall–Kier alpha value is -3.55. The first-order chi connectivity index (χ1) is 15.0. The number of anilines is 1. The molecule has 0 unspecified atom stereocenters. The van der Waals surface area contributed by atoms with Gasteiger partial charge < -0.3 is 10.1 Å². The first-order valence-corrected chi connectivity index (χ1v) is 10.4. The first kappa shape index (κ1) is 22.1. The minimum Gasteiger partial charge on any atom is -0.487 e. The van der Waals surface area contributed by atoms with Crippen LogP contribution in [-0.4, -0.2) is 5.91 Å². The van der Waals surface area contributed by atoms with Crippen molar-refractivity contribution in [2.24, 2.45) is 0 Å². The van der Waals surface area contributed by atoms with E-state index in [4.69, 9.17) is 16.3 Å². The molecule has 156 valence electrons. The van der Waals surface area contributed by atoms with Gasteiger partial charge in [-0.05, 0) is 54.3 Å². The van der Waals surface area contributed by atoms with Crippen molar-refractivity contribution in [2.75, 3.05) is 5.32 Å². The third-order valence-electron chi connectivity index (χ3n) is 4.76. The molecule has 0 aromatic heterocycles. The molecule has 3 aromatic rings. The van der Waals surface area contributed by atoms with Crippen molar-refractivity contribution >= 4 is 29.3 Å². The molecule has 0 saturated carbocycles. The summed E-state index contributed by atoms with van der Waals surface area (Å²) in [6.45, 7) is 4.44. The fourth-order valence-corrected chi connectivity index (χ4v) is 3.39. The molecule has 3 rings (SSSR count). The minimum absolute atomic E-state index is 0.00426. The van der Waals surface area contributed by atoms with Crippen LogP contribution in [-0.2, 0) is 17.8 Å². The number of nitriles is 1. The highest BCUT2D eigenvalue weighted by Gasteiger charge is 2.12. The molecule has 0 fully saturated rings. The molecule has 5 heteroatoms. The summed E-state index contributed by atoms with van der Waals surface area (Å²) in [5.41, 5.74) is 4.56. The van der Waals surface area contributed by atoms with E-state index in [1.807, 2.05) is 62.4 Å². The maximum atomic E-state index is 12.6. The van der Waals surface area contributed by atoms with Gasteiger partial charge in [0, 0.05) is 5.69 Å². The molecule has 0 aliphatic heterocycles. The number of para-hydroxylation sites is 1. The van der Waals surface area contributed by atoms with Gasteiger partial charge in [-0.3, -0.25) is 4.79 Å². The molecule has 0 atom stereocenters. The number of halogens is 1. The van der Waals surface area contributed by atoms with Crippen LogP contribution in [0.3, 0.4) is 0 Å². The van der Waals surface area contributed by atoms with Crippen molar-refractivity contribution in [1.29, 1.82) is 5.26 Å². The fraction of sp³-hybridized carbons (Fsp3) is 0.154. The number of carbonyl (C=O) groups is 1. The van der Waals surface area contributed by atoms with E-state index in [9.17, 15) is 10.1 Å². The molecule has 0 bridgehead atoms. The Kier molecular flexibility index (Phi) is 7.48. The highest BCUT2D eigenvalue weighted by Crippen LogP contribution is 2.27. The zero-order valence-corrected chi connectivity index (χ0v) is 18.2. The lowest BCUT2D eigenvalue weighted by molar-refractivity contribution is -0.112. The van der Waals surface area contributed by atoms with E-state index in [-0.39, 0.29) is 5.57 Å². The number of hydrogen-bond donors (Lipinski definition) is 1. The lowest BCUT2D eigenvalue weighted by Gasteiger charge is -2.10. The van der Waals surface area contributed by atoms with Crippen LogP contribution in [0.4, 0.5) is 5.69 Å². The molecule has 3 aromatic carbocycles. The van der Waals surface area contributed by atoms with Crippen LogP contribution < -0.4 is 10.1 Å². The Morgan fingerprint density at radius 1 is 1.13 bits per heavy atom. The van der Waals surface area contributed by atoms with Crippen LogP contribution in [0.5, 0.6) is 5.75 Å². The second kappa shape index (κ2) is 10.5. The summed E-state index contributed by atoms with van der Waals surface area (Å²) in [6, 6.07) is 22.7. The van der Waals surface area contributed by atoms with Crippen LogP contribution in [0.1, 0.15) is 29.2 Å². The summed E-state index contributed by atoms with van der Waals surface area (Å²) in [7, 11) is 0. The number of carbonyl (C=O) groups excluding carboxylic acids is 1. The zero-order valence-electron chi connectivity index (χ0n) is 17.5. The van der Waals surface area contributed by atoms with Crippen LogP contribution in [0, 0.1) is 18.3 Å². The van der Waals surface area contributed by atoms with Gasteiger partial charge in [0.1, 0.15) is 24.0 Å². The van der Waals surface area contributed by atoms with Gasteiger partial charge in [-0.1, -0.05) is 72.6 Å². The predicted molar refractivity (Wildman–Crippen MR) is 125 cm³/mol. The molecule has 31 heavy (non-hydrogen) atoms. The summed E-state index contributed by atoms with van der Waals surface area (Å²) < 4.78 is 5.82. The van der Waals surface area contributed by atoms with Crippen molar-refractivity contribution in [3.8, 4) is 11.8 Å². The highest BCUT2D eigenvalue weighted by molar-refractivity contribution is 6.32. The third kappa shape index (κ3) is 5.97. The average Bonchev–Trinajstić information content (AvgIpc) is 2.77. The maximum absolute atomic E-state index is 12.6. The van der Waals surface area contributed by atoms with Gasteiger partial charge in [-0.2, -0.15) is 5.26 Å². The van der Waals surface area contributed by atoms with E-state index >= 15 is 0 Å². The van der Waals surface area contributed by atoms with Crippen LogP contribution in [0.15, 0.2) is 72.3 Å². The van der Waals surface area contributed by atoms with Gasteiger partial charge in [-0.15, -0.1) is 0 Å². The summed E-state index contributed by atoms with van der Waals surface area (Å²) >= 11 is 6.36. The first-order valence-electron chi connectivity index (χ1n) is 9.99. The molecule has 0 heterocycles. The molecular weight excluding hydrogens is 408 g/mol. The SMILES string of the molecule is CCc1ccccc1NC(=O)/C(C#N)=C/c1ccc(OCc2cccc(C)c2)c(Cl)c1. The summed E-state index contributed by atoms with van der Waals surface area (Å²) in [4.78, 5) is 12.6. The molecule has 0 spiro atoms. The van der Waals surface area contributed by atoms with E-state index in [2.05, 4.69) is 11.4 Å². The van der Waals surface area contributed by atoms with Gasteiger partial charge in [-0.25, -0.2) is 0 Å². The monoisotopic (exact) mass is 430 g/mol. The van der Waals surface area contributed by atoms with E-state index < -0.39 is 5.91 Å². The molecule has 0 aliphatic carbocycles. The number of hydrogen-bond acceptors (Lipinski definition) is 3. The smallest absolute Gasteiger partial charge is 0.266 e. The van der Waals surface area contributed by atoms with E-state index in [1.165, 1.54) is 6.08 Å². The minimum atomic E-state index is -0.459. The van der Waals surface area contributed by atoms with E-state index in [0.717, 1.165) is 23.1 Å². The Bertz CT molecular complexity index is 1160. The topological polar surface area (TPSA) is 62.1 Å². The molecule has 0 saturated heterocycles. The molecule has 1 N–H and O–H groups in total. The second-order valence-electron chi connectivity index (χ2n) is 7.10. The Balaban J connectivity index is 1.73. The van der Waals surface area contributed by atoms with Crippen molar-refractivity contribution in [1.82, 2.24) is 0 Å². The number of benzene rings is 3. The van der Waals surface area contributed by atoms with Crippen LogP contribution >= 0.6 is 11.6 Å². The average molecular weight is 431 g/mol. The van der Waals surface area contributed by atoms with Crippen LogP contribution in [0.2, 0.25) is 5.02 Å². The Labute approximate surface area is 187 Å². The molecule has 0 aliphatic rings. The molecule has 1 amide bonds. The lowest BCUT2D eigenvalue weighted by Crippen LogP contribution is -2.14. The third-order valence-corrected chi connectivity index (χ3v) is 5.05. The number of ether oxygens (including phenoxy) is 1. The number of nitrogens with zero attached hydrogens (tertiary/aromatic N) is 1. The number of amides is 1. The van der Waals surface area contributed by atoms with Crippen molar-refractivity contribution in [3.63, 3.8) is 0 Å². The van der Waals surface area contributed by atoms with E-state index in [0.29, 0.717) is 28.6 Å². The zero-order chi connectivity index (χ0) is 22.2. The summed E-state index contributed by atoms with van der Waals surface area (Å²) in [5.74, 6) is 0.0828. The Morgan fingerprint density at radius 3 is 2.65 bits per heavy atom. The molecular formula is C26H23ClN2O2. The van der Waals surface area contributed by atoms with Gasteiger partial charge in [0.2, 0.25) is 0 Å². The normalized spacial score (nSPS) is 11.0. The maximum Gasteiger partial charge on any atom is 0.266 e. The van der Waals surface area contributed by atoms with Gasteiger partial charge in [0.25, 0.3) is 5.91 Å². The summed E-state index contributed by atoms with van der Waals surface area (Å²) in [6.07, 6.45) is 2.29. The quantitative estimate of drug-likeness (QED) is 0.351. The second-order valence-corrected chi connectivity index (χ2v) is 7.51. The highest BCUT2D eigenvalue weighted by atomic mass is 35.5. The summed E-state index contributed by atoms with van der Waals surface area (Å²) in [5, 5.41) is 12.7. The standard InChI is InChI=1S/C26H23ClN2O2/c1-3-21-9-4-5-10-24(21)29-26(30)22(16-28)14-19-11-12-25(23(27)15-19)31-17-20-8-6-7-18(2)13-20/h4-15H,3,17H2,1-2H3,(H,29,30)/b22-14+. The number of nitrogens with one attached hydrogen (secondary N) is 1. The van der Waals surface area contributed by atoms with E-state index in [1.54, 1.807) is 18.2 Å². The van der Waals surface area contributed by atoms with Gasteiger partial charge in [0.15, 0.2) is 0 Å². The van der Waals surface area contributed by atoms with Gasteiger partial charge in [0.05, 0.1) is 5.02 Å². The Morgan fingerprint density at radius 2 is 1.94 bits per heavy atom. The van der Waals surface area contributed by atoms with Crippen LogP contribution in [0.25, 0.3) is 6.08 Å². The molecule has 4 nitrogen and oxygen atoms in total. The van der Waals surface area contributed by atoms with Crippen molar-refractivity contribution in [3.05, 3.63) is 99.6 Å².